The van der Waals surface area contributed by atoms with Crippen LogP contribution in [0.4, 0.5) is 18.9 Å². The molecule has 0 aliphatic carbocycles. The zero-order valence-corrected chi connectivity index (χ0v) is 12.1. The predicted octanol–water partition coefficient (Wildman–Crippen LogP) is 4.45. The van der Waals surface area contributed by atoms with Crippen molar-refractivity contribution in [1.29, 1.82) is 0 Å². The first kappa shape index (κ1) is 16.6. The molecular formula is C15H11F3NO4. The lowest BCUT2D eigenvalue weighted by Crippen LogP contribution is -2.11. The summed E-state index contributed by atoms with van der Waals surface area (Å²) in [6, 6.07) is 8.23. The number of rotatable bonds is 5. The van der Waals surface area contributed by atoms with Gasteiger partial charge in [0.05, 0.1) is 17.6 Å². The van der Waals surface area contributed by atoms with Crippen molar-refractivity contribution < 1.29 is 27.6 Å². The second kappa shape index (κ2) is 6.15. The topological polar surface area (TPSA) is 61.6 Å². The molecule has 1 radical (unpaired) electrons. The van der Waals surface area contributed by atoms with E-state index in [2.05, 4.69) is 0 Å². The molecular weight excluding hydrogens is 315 g/mol. The summed E-state index contributed by atoms with van der Waals surface area (Å²) >= 11 is 0. The molecule has 0 atom stereocenters. The Morgan fingerprint density at radius 2 is 1.87 bits per heavy atom. The largest absolute Gasteiger partial charge is 0.493 e. The quantitative estimate of drug-likeness (QED) is 0.602. The summed E-state index contributed by atoms with van der Waals surface area (Å²) in [4.78, 5) is 10.0. The average Bonchev–Trinajstić information content (AvgIpc) is 2.47. The number of para-hydroxylation sites is 2. The lowest BCUT2D eigenvalue weighted by molar-refractivity contribution is -0.386. The molecule has 8 heteroatoms. The number of nitro benzene ring substituents is 1. The van der Waals surface area contributed by atoms with Gasteiger partial charge in [-0.15, -0.1) is 0 Å². The van der Waals surface area contributed by atoms with Gasteiger partial charge in [0.15, 0.2) is 11.5 Å². The number of alkyl halides is 2. The lowest BCUT2D eigenvalue weighted by atomic mass is 10.1. The number of nitrogens with zero attached hydrogens (tertiary/aromatic N) is 1. The van der Waals surface area contributed by atoms with Gasteiger partial charge in [-0.1, -0.05) is 12.1 Å². The molecule has 5 nitrogen and oxygen atoms in total. The maximum atomic E-state index is 13.7. The Bertz CT molecular complexity index is 744. The van der Waals surface area contributed by atoms with Crippen molar-refractivity contribution >= 4 is 5.69 Å². The van der Waals surface area contributed by atoms with Gasteiger partial charge in [-0.2, -0.15) is 0 Å². The van der Waals surface area contributed by atoms with Crippen molar-refractivity contribution in [3.8, 4) is 17.2 Å². The van der Waals surface area contributed by atoms with Gasteiger partial charge in [0, 0.05) is 6.92 Å². The first-order valence-corrected chi connectivity index (χ1v) is 6.33. The standard InChI is InChI=1S/C15H11F3NO4/c1-15(17,18)10-7-9(16)8-11(19(20)21)14(10)23-13-6-4-3-5-12(13)22-2/h3-7H,1-2H3. The van der Waals surface area contributed by atoms with Gasteiger partial charge in [-0.3, -0.25) is 10.1 Å². The maximum Gasteiger partial charge on any atom is 0.323 e. The molecule has 121 valence electrons. The number of hydrogen-bond acceptors (Lipinski definition) is 4. The van der Waals surface area contributed by atoms with Crippen molar-refractivity contribution in [1.82, 2.24) is 0 Å². The fourth-order valence-electron chi connectivity index (χ4n) is 1.90. The van der Waals surface area contributed by atoms with Crippen LogP contribution in [-0.4, -0.2) is 12.0 Å². The van der Waals surface area contributed by atoms with Crippen LogP contribution in [0.2, 0.25) is 0 Å². The van der Waals surface area contributed by atoms with Crippen molar-refractivity contribution in [3.63, 3.8) is 0 Å². The zero-order chi connectivity index (χ0) is 17.2. The molecule has 0 amide bonds. The van der Waals surface area contributed by atoms with Gasteiger partial charge in [0.25, 0.3) is 5.92 Å². The predicted molar refractivity (Wildman–Crippen MR) is 74.5 cm³/mol. The van der Waals surface area contributed by atoms with Crippen LogP contribution in [-0.2, 0) is 5.92 Å². The van der Waals surface area contributed by atoms with Crippen molar-refractivity contribution in [2.45, 2.75) is 12.8 Å². The summed E-state index contributed by atoms with van der Waals surface area (Å²) < 4.78 is 51.1. The molecule has 0 unspecified atom stereocenters. The number of halogens is 3. The Hall–Kier alpha value is -2.77. The van der Waals surface area contributed by atoms with Crippen molar-refractivity contribution in [3.05, 3.63) is 57.9 Å². The molecule has 0 heterocycles. The van der Waals surface area contributed by atoms with Crippen LogP contribution in [0.3, 0.4) is 0 Å². The van der Waals surface area contributed by atoms with Crippen LogP contribution in [0, 0.1) is 22.0 Å². The molecule has 0 saturated heterocycles. The number of methoxy groups -OCH3 is 1. The van der Waals surface area contributed by atoms with Gasteiger partial charge in [0.2, 0.25) is 5.75 Å². The third kappa shape index (κ3) is 3.53. The monoisotopic (exact) mass is 326 g/mol. The highest BCUT2D eigenvalue weighted by Crippen LogP contribution is 2.44. The van der Waals surface area contributed by atoms with Gasteiger partial charge >= 0.3 is 5.69 Å². The van der Waals surface area contributed by atoms with Gasteiger partial charge in [-0.05, 0) is 18.2 Å². The SMILES string of the molecule is COc1ccccc1Oc1c([N+](=O)[O-])[c]c(F)cc1C(C)(F)F. The molecule has 0 aliphatic rings. The second-order valence-corrected chi connectivity index (χ2v) is 4.61. The van der Waals surface area contributed by atoms with Crippen LogP contribution in [0.25, 0.3) is 0 Å². The van der Waals surface area contributed by atoms with Crippen molar-refractivity contribution in [2.75, 3.05) is 7.11 Å². The molecule has 2 rings (SSSR count). The minimum Gasteiger partial charge on any atom is -0.493 e. The molecule has 0 saturated carbocycles. The summed E-state index contributed by atoms with van der Waals surface area (Å²) in [6.45, 7) is 0.487. The van der Waals surface area contributed by atoms with E-state index in [1.165, 1.54) is 25.3 Å². The molecule has 23 heavy (non-hydrogen) atoms. The average molecular weight is 326 g/mol. The van der Waals surface area contributed by atoms with E-state index in [1.54, 1.807) is 12.1 Å². The maximum absolute atomic E-state index is 13.7. The molecule has 0 aromatic heterocycles. The molecule has 0 spiro atoms. The number of nitro groups is 1. The van der Waals surface area contributed by atoms with Crippen LogP contribution in [0.15, 0.2) is 30.3 Å². The van der Waals surface area contributed by atoms with Crippen LogP contribution in [0.1, 0.15) is 12.5 Å². The highest BCUT2D eigenvalue weighted by molar-refractivity contribution is 5.56. The highest BCUT2D eigenvalue weighted by atomic mass is 19.3. The van der Waals surface area contributed by atoms with Crippen molar-refractivity contribution in [2.24, 2.45) is 0 Å². The Kier molecular flexibility index (Phi) is 4.44. The number of ether oxygens (including phenoxy) is 2. The van der Waals surface area contributed by atoms with E-state index < -0.39 is 33.7 Å². The summed E-state index contributed by atoms with van der Waals surface area (Å²) in [5, 5.41) is 11.0. The summed E-state index contributed by atoms with van der Waals surface area (Å²) in [5.74, 6) is -5.47. The smallest absolute Gasteiger partial charge is 0.323 e. The third-order valence-electron chi connectivity index (χ3n) is 2.91. The van der Waals surface area contributed by atoms with E-state index in [1.807, 2.05) is 0 Å². The Morgan fingerprint density at radius 3 is 2.39 bits per heavy atom. The number of hydrogen-bond donors (Lipinski definition) is 0. The molecule has 2 aromatic rings. The van der Waals surface area contributed by atoms with E-state index >= 15 is 0 Å². The van der Waals surface area contributed by atoms with E-state index in [0.717, 1.165) is 0 Å². The summed E-state index contributed by atoms with van der Waals surface area (Å²) in [5.41, 5.74) is -1.97. The molecule has 0 N–H and O–H groups in total. The first-order valence-electron chi connectivity index (χ1n) is 6.33. The zero-order valence-electron chi connectivity index (χ0n) is 12.1. The van der Waals surface area contributed by atoms with Gasteiger partial charge in [0.1, 0.15) is 11.9 Å². The lowest BCUT2D eigenvalue weighted by Gasteiger charge is -2.17. The third-order valence-corrected chi connectivity index (χ3v) is 2.91. The Labute approximate surface area is 129 Å². The fourth-order valence-corrected chi connectivity index (χ4v) is 1.90. The molecule has 0 bridgehead atoms. The van der Waals surface area contributed by atoms with Crippen LogP contribution in [0.5, 0.6) is 17.2 Å². The number of benzene rings is 2. The van der Waals surface area contributed by atoms with E-state index in [-0.39, 0.29) is 11.5 Å². The van der Waals surface area contributed by atoms with Gasteiger partial charge in [-0.25, -0.2) is 13.2 Å². The Morgan fingerprint density at radius 1 is 1.26 bits per heavy atom. The second-order valence-electron chi connectivity index (χ2n) is 4.61. The minimum absolute atomic E-state index is 0.0244. The fraction of sp³-hybridized carbons (Fsp3) is 0.200. The van der Waals surface area contributed by atoms with Crippen LogP contribution < -0.4 is 9.47 Å². The van der Waals surface area contributed by atoms with Crippen LogP contribution >= 0.6 is 0 Å². The van der Waals surface area contributed by atoms with E-state index in [4.69, 9.17) is 9.47 Å². The molecule has 0 fully saturated rings. The van der Waals surface area contributed by atoms with Gasteiger partial charge < -0.3 is 9.47 Å². The van der Waals surface area contributed by atoms with E-state index in [0.29, 0.717) is 13.0 Å². The Balaban J connectivity index is 2.66. The highest BCUT2D eigenvalue weighted by Gasteiger charge is 2.35. The summed E-state index contributed by atoms with van der Waals surface area (Å²) in [6.07, 6.45) is 0. The minimum atomic E-state index is -3.56. The normalized spacial score (nSPS) is 11.2. The molecule has 0 aliphatic heterocycles. The van der Waals surface area contributed by atoms with E-state index in [9.17, 15) is 23.3 Å². The first-order chi connectivity index (χ1) is 10.7. The summed E-state index contributed by atoms with van der Waals surface area (Å²) in [7, 11) is 1.32. The molecule has 2 aromatic carbocycles.